The minimum atomic E-state index is -0.425. The second-order valence-electron chi connectivity index (χ2n) is 5.32. The molecule has 1 unspecified atom stereocenters. The van der Waals surface area contributed by atoms with Gasteiger partial charge >= 0.3 is 5.97 Å². The summed E-state index contributed by atoms with van der Waals surface area (Å²) in [4.78, 5) is 11.4. The Morgan fingerprint density at radius 2 is 1.94 bits per heavy atom. The fourth-order valence-electron chi connectivity index (χ4n) is 1.26. The number of hydrogen-bond donors (Lipinski definition) is 2. The van der Waals surface area contributed by atoms with E-state index >= 15 is 0 Å². The van der Waals surface area contributed by atoms with Crippen LogP contribution >= 0.6 is 0 Å². The number of aliphatic hydroxyl groups excluding tert-OH is 1. The van der Waals surface area contributed by atoms with Gasteiger partial charge < -0.3 is 15.2 Å². The molecule has 0 saturated carbocycles. The van der Waals surface area contributed by atoms with Crippen molar-refractivity contribution < 1.29 is 14.6 Å². The zero-order valence-corrected chi connectivity index (χ0v) is 11.0. The van der Waals surface area contributed by atoms with Crippen molar-refractivity contribution in [1.82, 2.24) is 5.32 Å². The molecular formula is C12H25NO3. The Balaban J connectivity index is 3.77. The third-order valence-electron chi connectivity index (χ3n) is 2.16. The van der Waals surface area contributed by atoms with E-state index in [2.05, 4.69) is 5.32 Å². The first-order valence-electron chi connectivity index (χ1n) is 5.82. The highest BCUT2D eigenvalue weighted by molar-refractivity contribution is 5.70. The van der Waals surface area contributed by atoms with Crippen molar-refractivity contribution >= 4 is 5.97 Å². The van der Waals surface area contributed by atoms with Crippen LogP contribution in [0.4, 0.5) is 0 Å². The van der Waals surface area contributed by atoms with E-state index in [0.29, 0.717) is 18.9 Å². The average Bonchev–Trinajstić information content (AvgIpc) is 2.08. The maximum Gasteiger partial charge on any atom is 0.307 e. The maximum atomic E-state index is 11.4. The molecule has 0 aromatic rings. The van der Waals surface area contributed by atoms with E-state index < -0.39 is 5.60 Å². The third-order valence-corrected chi connectivity index (χ3v) is 2.16. The molecule has 0 amide bonds. The van der Waals surface area contributed by atoms with Crippen LogP contribution in [0.1, 0.15) is 41.0 Å². The number of esters is 1. The van der Waals surface area contributed by atoms with Crippen LogP contribution < -0.4 is 5.32 Å². The molecule has 96 valence electrons. The number of hydrogen-bond acceptors (Lipinski definition) is 4. The van der Waals surface area contributed by atoms with Gasteiger partial charge in [-0.25, -0.2) is 0 Å². The highest BCUT2D eigenvalue weighted by Crippen LogP contribution is 2.08. The van der Waals surface area contributed by atoms with Gasteiger partial charge in [-0.15, -0.1) is 0 Å². The van der Waals surface area contributed by atoms with Gasteiger partial charge in [0.2, 0.25) is 0 Å². The molecule has 0 radical (unpaired) electrons. The van der Waals surface area contributed by atoms with E-state index in [-0.39, 0.29) is 18.6 Å². The fourth-order valence-corrected chi connectivity index (χ4v) is 1.26. The lowest BCUT2D eigenvalue weighted by molar-refractivity contribution is -0.154. The van der Waals surface area contributed by atoms with Crippen molar-refractivity contribution in [3.63, 3.8) is 0 Å². The van der Waals surface area contributed by atoms with Crippen LogP contribution in [-0.4, -0.2) is 35.9 Å². The Kier molecular flexibility index (Phi) is 6.60. The molecule has 0 saturated heterocycles. The number of carbonyl (C=O) groups is 1. The summed E-state index contributed by atoms with van der Waals surface area (Å²) >= 11 is 0. The Morgan fingerprint density at radius 3 is 2.31 bits per heavy atom. The van der Waals surface area contributed by atoms with E-state index in [1.807, 2.05) is 34.6 Å². The van der Waals surface area contributed by atoms with Crippen molar-refractivity contribution in [3.8, 4) is 0 Å². The number of ether oxygens (including phenoxy) is 1. The molecule has 0 aliphatic heterocycles. The molecule has 0 aromatic carbocycles. The number of rotatable bonds is 6. The van der Waals surface area contributed by atoms with Crippen LogP contribution in [0.25, 0.3) is 0 Å². The summed E-state index contributed by atoms with van der Waals surface area (Å²) in [5.41, 5.74) is -0.425. The van der Waals surface area contributed by atoms with Crippen molar-refractivity contribution in [2.45, 2.75) is 52.7 Å². The molecule has 2 N–H and O–H groups in total. The van der Waals surface area contributed by atoms with Crippen LogP contribution in [0, 0.1) is 5.92 Å². The summed E-state index contributed by atoms with van der Waals surface area (Å²) in [7, 11) is 0. The molecular weight excluding hydrogens is 206 g/mol. The van der Waals surface area contributed by atoms with Gasteiger partial charge in [0.1, 0.15) is 5.60 Å². The van der Waals surface area contributed by atoms with Crippen molar-refractivity contribution in [1.29, 1.82) is 0 Å². The first-order chi connectivity index (χ1) is 7.26. The second kappa shape index (κ2) is 6.86. The molecule has 0 spiro atoms. The van der Waals surface area contributed by atoms with Crippen LogP contribution in [0.2, 0.25) is 0 Å². The second-order valence-corrected chi connectivity index (χ2v) is 5.32. The predicted octanol–water partition coefficient (Wildman–Crippen LogP) is 1.32. The Hall–Kier alpha value is -0.610. The molecule has 0 bridgehead atoms. The molecule has 16 heavy (non-hydrogen) atoms. The number of nitrogens with one attached hydrogen (secondary N) is 1. The monoisotopic (exact) mass is 231 g/mol. The van der Waals surface area contributed by atoms with Gasteiger partial charge in [-0.05, 0) is 26.7 Å². The standard InChI is InChI=1S/C12H25NO3/c1-9(2)10(8-14)13-7-6-11(15)16-12(3,4)5/h9-10,13-14H,6-8H2,1-5H3. The van der Waals surface area contributed by atoms with Gasteiger partial charge in [0.05, 0.1) is 13.0 Å². The summed E-state index contributed by atoms with van der Waals surface area (Å²) < 4.78 is 5.17. The van der Waals surface area contributed by atoms with Gasteiger partial charge in [0.15, 0.2) is 0 Å². The molecule has 0 heterocycles. The van der Waals surface area contributed by atoms with E-state index in [9.17, 15) is 4.79 Å². The van der Waals surface area contributed by atoms with E-state index in [4.69, 9.17) is 9.84 Å². The summed E-state index contributed by atoms with van der Waals surface area (Å²) in [6, 6.07) is 0.0439. The summed E-state index contributed by atoms with van der Waals surface area (Å²) in [6.45, 7) is 10.2. The highest BCUT2D eigenvalue weighted by Gasteiger charge is 2.17. The van der Waals surface area contributed by atoms with Gasteiger partial charge in [-0.3, -0.25) is 4.79 Å². The molecule has 4 nitrogen and oxygen atoms in total. The molecule has 4 heteroatoms. The fraction of sp³-hybridized carbons (Fsp3) is 0.917. The first-order valence-corrected chi connectivity index (χ1v) is 5.82. The molecule has 1 atom stereocenters. The molecule has 0 aromatic heterocycles. The van der Waals surface area contributed by atoms with Crippen molar-refractivity contribution in [2.24, 2.45) is 5.92 Å². The highest BCUT2D eigenvalue weighted by atomic mass is 16.6. The zero-order chi connectivity index (χ0) is 12.8. The lowest BCUT2D eigenvalue weighted by atomic mass is 10.1. The number of carbonyl (C=O) groups excluding carboxylic acids is 1. The molecule has 0 aliphatic rings. The van der Waals surface area contributed by atoms with E-state index in [0.717, 1.165) is 0 Å². The van der Waals surface area contributed by atoms with Gasteiger partial charge in [0.25, 0.3) is 0 Å². The van der Waals surface area contributed by atoms with E-state index in [1.54, 1.807) is 0 Å². The van der Waals surface area contributed by atoms with Gasteiger partial charge in [-0.1, -0.05) is 13.8 Å². The Labute approximate surface area is 98.4 Å². The molecule has 0 fully saturated rings. The normalized spacial score (nSPS) is 13.9. The zero-order valence-electron chi connectivity index (χ0n) is 11.0. The topological polar surface area (TPSA) is 58.6 Å². The maximum absolute atomic E-state index is 11.4. The van der Waals surface area contributed by atoms with Crippen LogP contribution in [-0.2, 0) is 9.53 Å². The average molecular weight is 231 g/mol. The summed E-state index contributed by atoms with van der Waals surface area (Å²) in [6.07, 6.45) is 0.334. The van der Waals surface area contributed by atoms with Crippen LogP contribution in [0.3, 0.4) is 0 Å². The minimum absolute atomic E-state index is 0.0439. The lowest BCUT2D eigenvalue weighted by Crippen LogP contribution is -2.38. The van der Waals surface area contributed by atoms with Crippen molar-refractivity contribution in [3.05, 3.63) is 0 Å². The number of aliphatic hydroxyl groups is 1. The Morgan fingerprint density at radius 1 is 1.38 bits per heavy atom. The quantitative estimate of drug-likeness (QED) is 0.677. The lowest BCUT2D eigenvalue weighted by Gasteiger charge is -2.22. The first kappa shape index (κ1) is 15.4. The van der Waals surface area contributed by atoms with Crippen LogP contribution in [0.15, 0.2) is 0 Å². The molecule has 0 aliphatic carbocycles. The molecule has 0 rings (SSSR count). The largest absolute Gasteiger partial charge is 0.460 e. The van der Waals surface area contributed by atoms with Gasteiger partial charge in [0, 0.05) is 12.6 Å². The summed E-state index contributed by atoms with van der Waals surface area (Å²) in [5.74, 6) is 0.143. The van der Waals surface area contributed by atoms with Crippen LogP contribution in [0.5, 0.6) is 0 Å². The Bertz CT molecular complexity index is 209. The van der Waals surface area contributed by atoms with Crippen molar-refractivity contribution in [2.75, 3.05) is 13.2 Å². The SMILES string of the molecule is CC(C)C(CO)NCCC(=O)OC(C)(C)C. The smallest absolute Gasteiger partial charge is 0.307 e. The minimum Gasteiger partial charge on any atom is -0.460 e. The predicted molar refractivity (Wildman–Crippen MR) is 64.2 cm³/mol. The van der Waals surface area contributed by atoms with Gasteiger partial charge in [-0.2, -0.15) is 0 Å². The third kappa shape index (κ3) is 7.65. The van der Waals surface area contributed by atoms with E-state index in [1.165, 1.54) is 0 Å². The summed E-state index contributed by atoms with van der Waals surface area (Å²) in [5, 5.41) is 12.2.